The van der Waals surface area contributed by atoms with Crippen molar-refractivity contribution in [3.05, 3.63) is 34.1 Å². The SMILES string of the molecule is CC(C)(C)OC(=O)NC1CCC(Oc2cc(F)ccc2[N+](=O)[O-])C1. The molecule has 1 N–H and O–H groups in total. The van der Waals surface area contributed by atoms with Crippen LogP contribution in [-0.4, -0.2) is 28.8 Å². The van der Waals surface area contributed by atoms with E-state index in [0.717, 1.165) is 18.2 Å². The Hall–Kier alpha value is -2.38. The number of rotatable bonds is 4. The fourth-order valence-electron chi connectivity index (χ4n) is 2.57. The second-order valence-corrected chi connectivity index (χ2v) is 6.77. The number of carbonyl (C=O) groups is 1. The first-order chi connectivity index (χ1) is 11.1. The van der Waals surface area contributed by atoms with E-state index in [-0.39, 0.29) is 23.6 Å². The van der Waals surface area contributed by atoms with Crippen molar-refractivity contribution in [1.82, 2.24) is 5.32 Å². The van der Waals surface area contributed by atoms with Gasteiger partial charge in [-0.1, -0.05) is 0 Å². The van der Waals surface area contributed by atoms with E-state index in [1.54, 1.807) is 20.8 Å². The van der Waals surface area contributed by atoms with Crippen LogP contribution < -0.4 is 10.1 Å². The van der Waals surface area contributed by atoms with Gasteiger partial charge in [-0.15, -0.1) is 0 Å². The minimum absolute atomic E-state index is 0.0945. The Morgan fingerprint density at radius 2 is 2.08 bits per heavy atom. The zero-order chi connectivity index (χ0) is 17.9. The molecule has 1 amide bonds. The third kappa shape index (κ3) is 5.07. The summed E-state index contributed by atoms with van der Waals surface area (Å²) in [5.74, 6) is -0.694. The van der Waals surface area contributed by atoms with E-state index in [1.165, 1.54) is 0 Å². The highest BCUT2D eigenvalue weighted by molar-refractivity contribution is 5.68. The van der Waals surface area contributed by atoms with Gasteiger partial charge < -0.3 is 14.8 Å². The van der Waals surface area contributed by atoms with Crippen LogP contribution in [0.15, 0.2) is 18.2 Å². The van der Waals surface area contributed by atoms with Gasteiger partial charge in [0.2, 0.25) is 0 Å². The van der Waals surface area contributed by atoms with Crippen LogP contribution in [0.5, 0.6) is 5.75 Å². The highest BCUT2D eigenvalue weighted by atomic mass is 19.1. The monoisotopic (exact) mass is 340 g/mol. The number of nitro benzene ring substituents is 1. The topological polar surface area (TPSA) is 90.7 Å². The van der Waals surface area contributed by atoms with Crippen molar-refractivity contribution in [3.63, 3.8) is 0 Å². The van der Waals surface area contributed by atoms with Gasteiger partial charge in [0.05, 0.1) is 4.92 Å². The van der Waals surface area contributed by atoms with Gasteiger partial charge in [-0.2, -0.15) is 0 Å². The summed E-state index contributed by atoms with van der Waals surface area (Å²) in [7, 11) is 0. The molecule has 1 aliphatic carbocycles. The number of benzene rings is 1. The molecule has 7 nitrogen and oxygen atoms in total. The molecule has 24 heavy (non-hydrogen) atoms. The van der Waals surface area contributed by atoms with Gasteiger partial charge in [0.25, 0.3) is 0 Å². The molecule has 1 aliphatic rings. The molecule has 8 heteroatoms. The molecule has 1 fully saturated rings. The lowest BCUT2D eigenvalue weighted by Crippen LogP contribution is -2.38. The second kappa shape index (κ2) is 7.02. The van der Waals surface area contributed by atoms with Crippen LogP contribution in [0.3, 0.4) is 0 Å². The predicted molar refractivity (Wildman–Crippen MR) is 84.5 cm³/mol. The number of nitrogens with zero attached hydrogens (tertiary/aromatic N) is 1. The molecular formula is C16H21FN2O5. The molecule has 2 rings (SSSR count). The molecule has 0 bridgehead atoms. The van der Waals surface area contributed by atoms with Gasteiger partial charge >= 0.3 is 11.8 Å². The average Bonchev–Trinajstić information content (AvgIpc) is 2.83. The molecule has 0 aromatic heterocycles. The quantitative estimate of drug-likeness (QED) is 0.668. The summed E-state index contributed by atoms with van der Waals surface area (Å²) in [6.07, 6.45) is 0.906. The minimum atomic E-state index is -0.611. The van der Waals surface area contributed by atoms with E-state index >= 15 is 0 Å². The van der Waals surface area contributed by atoms with Crippen molar-refractivity contribution in [2.45, 2.75) is 57.8 Å². The maximum absolute atomic E-state index is 13.3. The van der Waals surface area contributed by atoms with Gasteiger partial charge in [0.1, 0.15) is 17.5 Å². The number of hydrogen-bond donors (Lipinski definition) is 1. The second-order valence-electron chi connectivity index (χ2n) is 6.77. The van der Waals surface area contributed by atoms with Crippen molar-refractivity contribution in [3.8, 4) is 5.75 Å². The Kier molecular flexibility index (Phi) is 5.26. The van der Waals surface area contributed by atoms with Crippen LogP contribution in [0.25, 0.3) is 0 Å². The van der Waals surface area contributed by atoms with E-state index in [1.807, 2.05) is 0 Å². The molecule has 1 saturated carbocycles. The number of hydrogen-bond acceptors (Lipinski definition) is 5. The molecule has 0 heterocycles. The number of halogens is 1. The van der Waals surface area contributed by atoms with Crippen molar-refractivity contribution < 1.29 is 23.6 Å². The Morgan fingerprint density at radius 1 is 1.38 bits per heavy atom. The van der Waals surface area contributed by atoms with E-state index in [4.69, 9.17) is 9.47 Å². The van der Waals surface area contributed by atoms with Crippen LogP contribution >= 0.6 is 0 Å². The number of amides is 1. The largest absolute Gasteiger partial charge is 0.483 e. The lowest BCUT2D eigenvalue weighted by atomic mass is 10.2. The number of nitro groups is 1. The highest BCUT2D eigenvalue weighted by Gasteiger charge is 2.30. The minimum Gasteiger partial charge on any atom is -0.483 e. The summed E-state index contributed by atoms with van der Waals surface area (Å²) in [5, 5.41) is 13.7. The lowest BCUT2D eigenvalue weighted by Gasteiger charge is -2.21. The van der Waals surface area contributed by atoms with Gasteiger partial charge in [-0.3, -0.25) is 10.1 Å². The molecule has 0 aliphatic heterocycles. The first-order valence-electron chi connectivity index (χ1n) is 7.74. The van der Waals surface area contributed by atoms with Crippen molar-refractivity contribution >= 4 is 11.8 Å². The molecule has 1 aromatic carbocycles. The van der Waals surface area contributed by atoms with E-state index in [0.29, 0.717) is 19.3 Å². The maximum Gasteiger partial charge on any atom is 0.407 e. The van der Waals surface area contributed by atoms with Crippen molar-refractivity contribution in [2.24, 2.45) is 0 Å². The molecule has 2 unspecified atom stereocenters. The van der Waals surface area contributed by atoms with Crippen LogP contribution in [0.1, 0.15) is 40.0 Å². The summed E-state index contributed by atoms with van der Waals surface area (Å²) >= 11 is 0. The Labute approximate surface area is 139 Å². The van der Waals surface area contributed by atoms with Crippen LogP contribution in [-0.2, 0) is 4.74 Å². The number of nitrogens with one attached hydrogen (secondary N) is 1. The fourth-order valence-corrected chi connectivity index (χ4v) is 2.57. The summed E-state index contributed by atoms with van der Waals surface area (Å²) < 4.78 is 24.1. The molecule has 1 aromatic rings. The lowest BCUT2D eigenvalue weighted by molar-refractivity contribution is -0.386. The summed E-state index contributed by atoms with van der Waals surface area (Å²) in [4.78, 5) is 22.1. The molecule has 2 atom stereocenters. The summed E-state index contributed by atoms with van der Waals surface area (Å²) in [6.45, 7) is 5.32. The van der Waals surface area contributed by atoms with Gasteiger partial charge in [-0.25, -0.2) is 9.18 Å². The molecule has 0 spiro atoms. The van der Waals surface area contributed by atoms with Crippen LogP contribution in [0.2, 0.25) is 0 Å². The van der Waals surface area contributed by atoms with Gasteiger partial charge in [0.15, 0.2) is 5.75 Å². The molecule has 0 radical (unpaired) electrons. The van der Waals surface area contributed by atoms with Crippen molar-refractivity contribution in [1.29, 1.82) is 0 Å². The van der Waals surface area contributed by atoms with E-state index in [2.05, 4.69) is 5.32 Å². The molecular weight excluding hydrogens is 319 g/mol. The van der Waals surface area contributed by atoms with Gasteiger partial charge in [-0.05, 0) is 39.7 Å². The average molecular weight is 340 g/mol. The third-order valence-electron chi connectivity index (χ3n) is 3.52. The Balaban J connectivity index is 1.94. The maximum atomic E-state index is 13.3. The summed E-state index contributed by atoms with van der Waals surface area (Å²) in [5.41, 5.74) is -0.860. The third-order valence-corrected chi connectivity index (χ3v) is 3.52. The van der Waals surface area contributed by atoms with Crippen molar-refractivity contribution in [2.75, 3.05) is 0 Å². The number of ether oxygens (including phenoxy) is 2. The smallest absolute Gasteiger partial charge is 0.407 e. The van der Waals surface area contributed by atoms with Gasteiger partial charge in [0, 0.05) is 24.6 Å². The zero-order valence-electron chi connectivity index (χ0n) is 13.9. The first kappa shape index (κ1) is 18.0. The number of alkyl carbamates (subject to hydrolysis) is 1. The zero-order valence-corrected chi connectivity index (χ0v) is 13.9. The standard InChI is InChI=1S/C16H21FN2O5/c1-16(2,3)24-15(20)18-11-5-6-12(9-11)23-14-8-10(17)4-7-13(14)19(21)22/h4,7-8,11-12H,5-6,9H2,1-3H3,(H,18,20). The predicted octanol–water partition coefficient (Wildman–Crippen LogP) is 3.56. The molecule has 132 valence electrons. The Bertz CT molecular complexity index is 629. The highest BCUT2D eigenvalue weighted by Crippen LogP contribution is 2.32. The van der Waals surface area contributed by atoms with Crippen LogP contribution in [0.4, 0.5) is 14.9 Å². The number of carbonyl (C=O) groups excluding carboxylic acids is 1. The summed E-state index contributed by atoms with van der Waals surface area (Å²) in [6, 6.07) is 2.97. The van der Waals surface area contributed by atoms with Crippen LogP contribution in [0, 0.1) is 15.9 Å². The Morgan fingerprint density at radius 3 is 2.71 bits per heavy atom. The first-order valence-corrected chi connectivity index (χ1v) is 7.74. The molecule has 0 saturated heterocycles. The fraction of sp³-hybridized carbons (Fsp3) is 0.562. The van der Waals surface area contributed by atoms with E-state index < -0.39 is 22.4 Å². The van der Waals surface area contributed by atoms with E-state index in [9.17, 15) is 19.3 Å². The normalized spacial score (nSPS) is 20.5.